The number of hydrogen-bond donors (Lipinski definition) is 2. The van der Waals surface area contributed by atoms with Gasteiger partial charge in [0.2, 0.25) is 5.91 Å². The van der Waals surface area contributed by atoms with Crippen molar-refractivity contribution >= 4 is 46.6 Å². The van der Waals surface area contributed by atoms with Crippen LogP contribution in [0.5, 0.6) is 0 Å². The first kappa shape index (κ1) is 25.4. The van der Waals surface area contributed by atoms with Gasteiger partial charge in [0.25, 0.3) is 0 Å². The minimum atomic E-state index is -4.66. The van der Waals surface area contributed by atoms with Crippen LogP contribution in [-0.2, 0) is 11.0 Å². The summed E-state index contributed by atoms with van der Waals surface area (Å²) in [5, 5.41) is 11.8. The number of carbonyl (C=O) groups excluding carboxylic acids is 1. The molecule has 0 radical (unpaired) electrons. The summed E-state index contributed by atoms with van der Waals surface area (Å²) in [6, 6.07) is 10.2. The van der Waals surface area contributed by atoms with Crippen LogP contribution in [-0.4, -0.2) is 40.5 Å². The van der Waals surface area contributed by atoms with Gasteiger partial charge in [-0.05, 0) is 49.4 Å². The molecule has 1 heterocycles. The molecule has 1 atom stereocenters. The Hall–Kier alpha value is -2.27. The van der Waals surface area contributed by atoms with Gasteiger partial charge in [0.1, 0.15) is 6.04 Å². The topological polar surface area (TPSA) is 64.2 Å². The van der Waals surface area contributed by atoms with Crippen LogP contribution < -0.4 is 10.2 Å². The lowest BCUT2D eigenvalue weighted by Gasteiger charge is -2.18. The molecule has 6 nitrogen and oxygen atoms in total. The standard InChI is InChI=1S/C21H20Cl2F3N5OS/c1-12(30(2)3)19-28-29-20(31(19)15-7-4-13(22)5-8-15)33-11-18(32)27-17-9-6-14(23)10-16(17)21(24,25)26/h4-10,12H,11H2,1-3H3,(H,27,32)/p+1/t12-/m0/s1. The number of rotatable bonds is 7. The van der Waals surface area contributed by atoms with Crippen LogP contribution in [0.1, 0.15) is 24.4 Å². The SMILES string of the molecule is C[C@@H](c1nnc(SCC(=O)Nc2ccc(Cl)cc2C(F)(F)F)n1-c1ccc(Cl)cc1)[NH+](C)C. The molecule has 0 bridgehead atoms. The molecular weight excluding hydrogens is 498 g/mol. The third-order valence-corrected chi connectivity index (χ3v) is 6.31. The van der Waals surface area contributed by atoms with Crippen molar-refractivity contribution in [3.63, 3.8) is 0 Å². The highest BCUT2D eigenvalue weighted by molar-refractivity contribution is 7.99. The molecule has 3 rings (SSSR count). The van der Waals surface area contributed by atoms with Crippen molar-refractivity contribution < 1.29 is 22.9 Å². The van der Waals surface area contributed by atoms with Gasteiger partial charge >= 0.3 is 6.18 Å². The summed E-state index contributed by atoms with van der Waals surface area (Å²) in [6.07, 6.45) is -4.66. The lowest BCUT2D eigenvalue weighted by atomic mass is 10.1. The highest BCUT2D eigenvalue weighted by atomic mass is 35.5. The van der Waals surface area contributed by atoms with Crippen LogP contribution >= 0.6 is 35.0 Å². The van der Waals surface area contributed by atoms with Gasteiger partial charge in [0, 0.05) is 15.7 Å². The maximum atomic E-state index is 13.3. The molecule has 1 amide bonds. The van der Waals surface area contributed by atoms with Gasteiger partial charge in [-0.25, -0.2) is 0 Å². The molecule has 2 N–H and O–H groups in total. The molecule has 176 valence electrons. The van der Waals surface area contributed by atoms with E-state index in [1.165, 1.54) is 6.07 Å². The lowest BCUT2D eigenvalue weighted by Crippen LogP contribution is -3.05. The van der Waals surface area contributed by atoms with E-state index in [0.29, 0.717) is 16.0 Å². The van der Waals surface area contributed by atoms with Gasteiger partial charge in [-0.3, -0.25) is 9.36 Å². The monoisotopic (exact) mass is 518 g/mol. The van der Waals surface area contributed by atoms with Crippen molar-refractivity contribution in [3.8, 4) is 5.69 Å². The van der Waals surface area contributed by atoms with Gasteiger partial charge in [-0.2, -0.15) is 13.2 Å². The fraction of sp³-hybridized carbons (Fsp3) is 0.286. The predicted octanol–water partition coefficient (Wildman–Crippen LogP) is 4.53. The maximum absolute atomic E-state index is 13.3. The zero-order valence-electron chi connectivity index (χ0n) is 17.9. The second kappa shape index (κ2) is 10.3. The highest BCUT2D eigenvalue weighted by Gasteiger charge is 2.34. The number of thioether (sulfide) groups is 1. The minimum Gasteiger partial charge on any atom is -0.331 e. The smallest absolute Gasteiger partial charge is 0.331 e. The maximum Gasteiger partial charge on any atom is 0.418 e. The number of aromatic nitrogens is 3. The van der Waals surface area contributed by atoms with Crippen LogP contribution in [0, 0.1) is 0 Å². The van der Waals surface area contributed by atoms with Crippen LogP contribution in [0.4, 0.5) is 18.9 Å². The molecule has 0 spiro atoms. The van der Waals surface area contributed by atoms with E-state index in [1.807, 2.05) is 25.6 Å². The minimum absolute atomic E-state index is 0.0141. The second-order valence-electron chi connectivity index (χ2n) is 7.48. The molecular formula is C21H21Cl2F3N5OS+. The van der Waals surface area contributed by atoms with Crippen molar-refractivity contribution in [2.75, 3.05) is 25.2 Å². The van der Waals surface area contributed by atoms with Gasteiger partial charge in [0.05, 0.1) is 31.1 Å². The Labute approximate surface area is 203 Å². The Kier molecular flexibility index (Phi) is 7.94. The third kappa shape index (κ3) is 6.20. The first-order chi connectivity index (χ1) is 15.5. The van der Waals surface area contributed by atoms with Gasteiger partial charge in [-0.15, -0.1) is 10.2 Å². The molecule has 0 unspecified atom stereocenters. The molecule has 0 aliphatic rings. The molecule has 1 aromatic heterocycles. The quantitative estimate of drug-likeness (QED) is 0.451. The van der Waals surface area contributed by atoms with E-state index in [-0.39, 0.29) is 22.5 Å². The largest absolute Gasteiger partial charge is 0.418 e. The normalized spacial score (nSPS) is 12.8. The zero-order valence-corrected chi connectivity index (χ0v) is 20.2. The van der Waals surface area contributed by atoms with E-state index >= 15 is 0 Å². The van der Waals surface area contributed by atoms with E-state index in [4.69, 9.17) is 23.2 Å². The van der Waals surface area contributed by atoms with Crippen LogP contribution in [0.15, 0.2) is 47.6 Å². The van der Waals surface area contributed by atoms with Crippen molar-refractivity contribution in [2.45, 2.75) is 24.3 Å². The predicted molar refractivity (Wildman–Crippen MR) is 123 cm³/mol. The number of amides is 1. The number of quaternary nitrogens is 1. The van der Waals surface area contributed by atoms with Gasteiger partial charge in [0.15, 0.2) is 11.0 Å². The summed E-state index contributed by atoms with van der Waals surface area (Å²) in [5.74, 6) is -0.113. The van der Waals surface area contributed by atoms with Crippen molar-refractivity contribution in [3.05, 3.63) is 63.9 Å². The molecule has 0 aliphatic carbocycles. The lowest BCUT2D eigenvalue weighted by molar-refractivity contribution is -0.890. The van der Waals surface area contributed by atoms with Gasteiger partial charge in [-0.1, -0.05) is 35.0 Å². The highest BCUT2D eigenvalue weighted by Crippen LogP contribution is 2.36. The Balaban J connectivity index is 1.83. The Bertz CT molecular complexity index is 1140. The molecule has 33 heavy (non-hydrogen) atoms. The summed E-state index contributed by atoms with van der Waals surface area (Å²) in [5.41, 5.74) is -0.614. The summed E-state index contributed by atoms with van der Waals surface area (Å²) in [4.78, 5) is 13.6. The van der Waals surface area contributed by atoms with E-state index < -0.39 is 17.6 Å². The van der Waals surface area contributed by atoms with Crippen molar-refractivity contribution in [2.24, 2.45) is 0 Å². The molecule has 0 fully saturated rings. The second-order valence-corrected chi connectivity index (χ2v) is 9.29. The summed E-state index contributed by atoms with van der Waals surface area (Å²) in [7, 11) is 3.96. The molecule has 12 heteroatoms. The summed E-state index contributed by atoms with van der Waals surface area (Å²) in [6.45, 7) is 1.99. The number of nitrogens with one attached hydrogen (secondary N) is 2. The van der Waals surface area contributed by atoms with E-state index in [9.17, 15) is 18.0 Å². The van der Waals surface area contributed by atoms with Gasteiger partial charge < -0.3 is 10.2 Å². The number of nitrogens with zero attached hydrogens (tertiary/aromatic N) is 3. The first-order valence-corrected chi connectivity index (χ1v) is 11.5. The average Bonchev–Trinajstić information content (AvgIpc) is 3.16. The van der Waals surface area contributed by atoms with Crippen LogP contribution in [0.2, 0.25) is 10.0 Å². The summed E-state index contributed by atoms with van der Waals surface area (Å²) < 4.78 is 41.7. The van der Waals surface area contributed by atoms with Crippen LogP contribution in [0.3, 0.4) is 0 Å². The molecule has 0 aliphatic heterocycles. The summed E-state index contributed by atoms with van der Waals surface area (Å²) >= 11 is 12.8. The van der Waals surface area contributed by atoms with Crippen molar-refractivity contribution in [1.29, 1.82) is 0 Å². The number of carbonyl (C=O) groups is 1. The van der Waals surface area contributed by atoms with Crippen molar-refractivity contribution in [1.82, 2.24) is 14.8 Å². The molecule has 3 aromatic rings. The third-order valence-electron chi connectivity index (χ3n) is 4.89. The zero-order chi connectivity index (χ0) is 24.3. The number of hydrogen-bond acceptors (Lipinski definition) is 4. The van der Waals surface area contributed by atoms with E-state index in [0.717, 1.165) is 34.5 Å². The molecule has 0 saturated carbocycles. The average molecular weight is 519 g/mol. The number of alkyl halides is 3. The Morgan fingerprint density at radius 3 is 2.36 bits per heavy atom. The first-order valence-electron chi connectivity index (χ1n) is 9.78. The van der Waals surface area contributed by atoms with E-state index in [1.54, 1.807) is 24.3 Å². The Morgan fingerprint density at radius 2 is 1.76 bits per heavy atom. The van der Waals surface area contributed by atoms with Crippen LogP contribution in [0.25, 0.3) is 5.69 Å². The number of halogens is 5. The fourth-order valence-electron chi connectivity index (χ4n) is 2.92. The Morgan fingerprint density at radius 1 is 1.12 bits per heavy atom. The van der Waals surface area contributed by atoms with E-state index in [2.05, 4.69) is 15.5 Å². The molecule has 2 aromatic carbocycles. The fourth-order valence-corrected chi connectivity index (χ4v) is 3.98. The number of benzene rings is 2. The number of anilines is 1. The molecule has 0 saturated heterocycles.